The van der Waals surface area contributed by atoms with Crippen molar-refractivity contribution in [2.45, 2.75) is 33.2 Å². The molecule has 1 heterocycles. The molecule has 0 aliphatic carbocycles. The molecule has 0 fully saturated rings. The van der Waals surface area contributed by atoms with Gasteiger partial charge in [0.15, 0.2) is 0 Å². The first kappa shape index (κ1) is 13.4. The van der Waals surface area contributed by atoms with E-state index in [9.17, 15) is 10.1 Å². The highest BCUT2D eigenvalue weighted by atomic mass is 16.6. The Balaban J connectivity index is 2.69. The minimum atomic E-state index is -0.365. The number of nitro benzene ring substituents is 1. The quantitative estimate of drug-likeness (QED) is 0.667. The summed E-state index contributed by atoms with van der Waals surface area (Å²) < 4.78 is 5.57. The van der Waals surface area contributed by atoms with Gasteiger partial charge < -0.3 is 10.1 Å². The number of ether oxygens (including phenoxy) is 1. The molecule has 19 heavy (non-hydrogen) atoms. The minimum absolute atomic E-state index is 0.0824. The number of nitrogens with one attached hydrogen (secondary N) is 1. The van der Waals surface area contributed by atoms with Gasteiger partial charge in [-0.1, -0.05) is 6.08 Å². The highest BCUT2D eigenvalue weighted by molar-refractivity contribution is 5.88. The highest BCUT2D eigenvalue weighted by Crippen LogP contribution is 2.44. The number of nitrogens with zero attached hydrogens (tertiary/aromatic N) is 1. The first-order valence-corrected chi connectivity index (χ1v) is 6.28. The SMILES string of the molecule is CCOc1ccc([N+](=O)[O-])c2c1C(C)=CC(C)(C)N2. The normalized spacial score (nSPS) is 16.1. The van der Waals surface area contributed by atoms with Crippen molar-refractivity contribution < 1.29 is 9.66 Å². The molecule has 1 N–H and O–H groups in total. The fraction of sp³-hybridized carbons (Fsp3) is 0.429. The molecule has 0 saturated heterocycles. The molecule has 0 radical (unpaired) electrons. The molecule has 1 aromatic carbocycles. The van der Waals surface area contributed by atoms with E-state index in [2.05, 4.69) is 11.4 Å². The lowest BCUT2D eigenvalue weighted by atomic mass is 9.90. The Labute approximate surface area is 112 Å². The number of fused-ring (bicyclic) bond motifs is 1. The van der Waals surface area contributed by atoms with Crippen LogP contribution in [0.1, 0.15) is 33.3 Å². The third kappa shape index (κ3) is 2.41. The molecule has 0 unspecified atom stereocenters. The maximum Gasteiger partial charge on any atom is 0.293 e. The number of hydrogen-bond acceptors (Lipinski definition) is 4. The Kier molecular flexibility index (Phi) is 3.22. The van der Waals surface area contributed by atoms with Gasteiger partial charge in [-0.25, -0.2) is 0 Å². The molecule has 1 aromatic rings. The lowest BCUT2D eigenvalue weighted by molar-refractivity contribution is -0.384. The molecule has 2 rings (SSSR count). The summed E-state index contributed by atoms with van der Waals surface area (Å²) in [5.74, 6) is 0.680. The maximum atomic E-state index is 11.2. The second-order valence-corrected chi connectivity index (χ2v) is 5.20. The highest BCUT2D eigenvalue weighted by Gasteiger charge is 2.31. The van der Waals surface area contributed by atoms with Crippen LogP contribution in [0.3, 0.4) is 0 Å². The topological polar surface area (TPSA) is 64.4 Å². The predicted octanol–water partition coefficient (Wildman–Crippen LogP) is 3.60. The smallest absolute Gasteiger partial charge is 0.293 e. The summed E-state index contributed by atoms with van der Waals surface area (Å²) in [4.78, 5) is 10.8. The number of anilines is 1. The van der Waals surface area contributed by atoms with E-state index in [-0.39, 0.29) is 16.1 Å². The van der Waals surface area contributed by atoms with Crippen LogP contribution in [0.25, 0.3) is 5.57 Å². The van der Waals surface area contributed by atoms with E-state index in [1.807, 2.05) is 27.7 Å². The van der Waals surface area contributed by atoms with E-state index < -0.39 is 0 Å². The van der Waals surface area contributed by atoms with Gasteiger partial charge in [-0.05, 0) is 39.3 Å². The van der Waals surface area contributed by atoms with E-state index in [1.165, 1.54) is 6.07 Å². The molecule has 0 aromatic heterocycles. The van der Waals surface area contributed by atoms with E-state index in [1.54, 1.807) is 6.07 Å². The van der Waals surface area contributed by atoms with Crippen LogP contribution >= 0.6 is 0 Å². The van der Waals surface area contributed by atoms with Crippen molar-refractivity contribution in [1.29, 1.82) is 0 Å². The summed E-state index contributed by atoms with van der Waals surface area (Å²) in [6, 6.07) is 3.16. The largest absolute Gasteiger partial charge is 0.493 e. The lowest BCUT2D eigenvalue weighted by Gasteiger charge is -2.31. The Morgan fingerprint density at radius 1 is 1.42 bits per heavy atom. The van der Waals surface area contributed by atoms with Crippen LogP contribution in [-0.2, 0) is 0 Å². The zero-order valence-corrected chi connectivity index (χ0v) is 11.6. The Morgan fingerprint density at radius 2 is 2.11 bits per heavy atom. The van der Waals surface area contributed by atoms with Gasteiger partial charge >= 0.3 is 0 Å². The van der Waals surface area contributed by atoms with Crippen molar-refractivity contribution in [2.24, 2.45) is 0 Å². The van der Waals surface area contributed by atoms with Crippen molar-refractivity contribution in [1.82, 2.24) is 0 Å². The fourth-order valence-electron chi connectivity index (χ4n) is 2.49. The van der Waals surface area contributed by atoms with Crippen LogP contribution in [0.15, 0.2) is 18.2 Å². The second kappa shape index (κ2) is 4.57. The Bertz CT molecular complexity index is 562. The van der Waals surface area contributed by atoms with Gasteiger partial charge in [0, 0.05) is 11.6 Å². The van der Waals surface area contributed by atoms with Gasteiger partial charge in [0.1, 0.15) is 11.4 Å². The van der Waals surface area contributed by atoms with Gasteiger partial charge in [-0.3, -0.25) is 10.1 Å². The first-order valence-electron chi connectivity index (χ1n) is 6.28. The monoisotopic (exact) mass is 262 g/mol. The van der Waals surface area contributed by atoms with Crippen LogP contribution in [-0.4, -0.2) is 17.1 Å². The molecule has 102 valence electrons. The van der Waals surface area contributed by atoms with Crippen LogP contribution < -0.4 is 10.1 Å². The average Bonchev–Trinajstić information content (AvgIpc) is 2.26. The van der Waals surface area contributed by atoms with Gasteiger partial charge in [0.25, 0.3) is 5.69 Å². The summed E-state index contributed by atoms with van der Waals surface area (Å²) in [6.07, 6.45) is 2.06. The number of benzene rings is 1. The molecule has 5 heteroatoms. The molecule has 0 spiro atoms. The van der Waals surface area contributed by atoms with Crippen LogP contribution in [0.2, 0.25) is 0 Å². The third-order valence-corrected chi connectivity index (χ3v) is 3.06. The average molecular weight is 262 g/mol. The van der Waals surface area contributed by atoms with Crippen LogP contribution in [0, 0.1) is 10.1 Å². The summed E-state index contributed by atoms with van der Waals surface area (Å²) in [5.41, 5.74) is 2.09. The first-order chi connectivity index (χ1) is 8.85. The number of hydrogen-bond donors (Lipinski definition) is 1. The predicted molar refractivity (Wildman–Crippen MR) is 75.6 cm³/mol. The Morgan fingerprint density at radius 3 is 2.68 bits per heavy atom. The molecule has 5 nitrogen and oxygen atoms in total. The third-order valence-electron chi connectivity index (χ3n) is 3.06. The summed E-state index contributed by atoms with van der Waals surface area (Å²) >= 11 is 0. The van der Waals surface area contributed by atoms with Crippen LogP contribution in [0.5, 0.6) is 5.75 Å². The maximum absolute atomic E-state index is 11.2. The van der Waals surface area contributed by atoms with E-state index in [0.29, 0.717) is 18.0 Å². The fourth-order valence-corrected chi connectivity index (χ4v) is 2.49. The van der Waals surface area contributed by atoms with Gasteiger partial charge in [-0.15, -0.1) is 0 Å². The molecular formula is C14H18N2O3. The molecule has 1 aliphatic heterocycles. The van der Waals surface area contributed by atoms with Crippen LogP contribution in [0.4, 0.5) is 11.4 Å². The standard InChI is InChI=1S/C14H18N2O3/c1-5-19-11-7-6-10(16(17)18)13-12(11)9(2)8-14(3,4)15-13/h6-8,15H,5H2,1-4H3. The molecule has 0 saturated carbocycles. The molecule has 0 amide bonds. The zero-order chi connectivity index (χ0) is 14.2. The summed E-state index contributed by atoms with van der Waals surface area (Å²) in [6.45, 7) is 8.34. The van der Waals surface area contributed by atoms with Gasteiger partial charge in [0.2, 0.25) is 0 Å². The summed E-state index contributed by atoms with van der Waals surface area (Å²) in [5, 5.41) is 14.4. The number of rotatable bonds is 3. The zero-order valence-electron chi connectivity index (χ0n) is 11.6. The van der Waals surface area contributed by atoms with Crippen molar-refractivity contribution in [2.75, 3.05) is 11.9 Å². The van der Waals surface area contributed by atoms with E-state index in [0.717, 1.165) is 11.1 Å². The molecule has 0 bridgehead atoms. The summed E-state index contributed by atoms with van der Waals surface area (Å²) in [7, 11) is 0. The van der Waals surface area contributed by atoms with Crippen molar-refractivity contribution >= 4 is 16.9 Å². The number of nitro groups is 1. The molecular weight excluding hydrogens is 244 g/mol. The van der Waals surface area contributed by atoms with Crippen molar-refractivity contribution in [3.05, 3.63) is 33.9 Å². The van der Waals surface area contributed by atoms with Crippen molar-refractivity contribution in [3.8, 4) is 5.75 Å². The second-order valence-electron chi connectivity index (χ2n) is 5.20. The van der Waals surface area contributed by atoms with Crippen molar-refractivity contribution in [3.63, 3.8) is 0 Å². The molecule has 1 aliphatic rings. The van der Waals surface area contributed by atoms with Gasteiger partial charge in [0.05, 0.1) is 17.1 Å². The lowest BCUT2D eigenvalue weighted by Crippen LogP contribution is -2.32. The molecule has 0 atom stereocenters. The minimum Gasteiger partial charge on any atom is -0.493 e. The van der Waals surface area contributed by atoms with E-state index in [4.69, 9.17) is 4.74 Å². The Hall–Kier alpha value is -2.04. The van der Waals surface area contributed by atoms with E-state index >= 15 is 0 Å². The number of allylic oxidation sites excluding steroid dienone is 1. The van der Waals surface area contributed by atoms with Gasteiger partial charge in [-0.2, -0.15) is 0 Å².